The maximum absolute atomic E-state index is 11.7. The summed E-state index contributed by atoms with van der Waals surface area (Å²) in [6.07, 6.45) is 2.89. The molecular weight excluding hydrogens is 290 g/mol. The van der Waals surface area contributed by atoms with Gasteiger partial charge in [0.15, 0.2) is 0 Å². The lowest BCUT2D eigenvalue weighted by Crippen LogP contribution is -2.32. The second-order valence-electron chi connectivity index (χ2n) is 4.92. The van der Waals surface area contributed by atoms with Crippen LogP contribution >= 0.6 is 0 Å². The molecule has 7 nitrogen and oxygen atoms in total. The molecule has 0 aromatic carbocycles. The fourth-order valence-corrected chi connectivity index (χ4v) is 3.86. The van der Waals surface area contributed by atoms with E-state index in [9.17, 15) is 16.8 Å². The molecule has 0 saturated carbocycles. The van der Waals surface area contributed by atoms with Crippen LogP contribution in [0.25, 0.3) is 0 Å². The Morgan fingerprint density at radius 2 is 1.74 bits per heavy atom. The number of nitrogens with one attached hydrogen (secondary N) is 2. The lowest BCUT2D eigenvalue weighted by Gasteiger charge is -2.22. The first-order valence-electron chi connectivity index (χ1n) is 6.47. The minimum absolute atomic E-state index is 0.104. The van der Waals surface area contributed by atoms with Crippen LogP contribution in [0, 0.1) is 5.92 Å². The van der Waals surface area contributed by atoms with Gasteiger partial charge in [-0.2, -0.15) is 0 Å². The molecule has 1 fully saturated rings. The normalized spacial score (nSPS) is 18.6. The Bertz CT molecular complexity index is 455. The number of sulfonamides is 2. The molecule has 114 valence electrons. The average molecular weight is 313 g/mol. The summed E-state index contributed by atoms with van der Waals surface area (Å²) in [5.74, 6) is 0.360. The Morgan fingerprint density at radius 1 is 1.11 bits per heavy atom. The molecule has 0 aromatic heterocycles. The maximum atomic E-state index is 11.7. The maximum Gasteiger partial charge on any atom is 0.211 e. The number of hydrogen-bond acceptors (Lipinski definition) is 5. The quantitative estimate of drug-likeness (QED) is 0.495. The summed E-state index contributed by atoms with van der Waals surface area (Å²) in [6, 6.07) is 0. The lowest BCUT2D eigenvalue weighted by atomic mass is 9.96. The highest BCUT2D eigenvalue weighted by Gasteiger charge is 2.17. The minimum atomic E-state index is -3.51. The molecule has 0 spiro atoms. The van der Waals surface area contributed by atoms with Crippen LogP contribution in [0.5, 0.6) is 0 Å². The van der Waals surface area contributed by atoms with Crippen LogP contribution in [0.3, 0.4) is 0 Å². The van der Waals surface area contributed by atoms with Gasteiger partial charge in [0.05, 0.1) is 11.5 Å². The van der Waals surface area contributed by atoms with Gasteiger partial charge in [0.1, 0.15) is 0 Å². The minimum Gasteiger partial charge on any atom is -0.317 e. The molecule has 0 unspecified atom stereocenters. The lowest BCUT2D eigenvalue weighted by molar-refractivity contribution is 0.365. The molecule has 9 heteroatoms. The first kappa shape index (κ1) is 16.8. The topological polar surface area (TPSA) is 118 Å². The molecule has 1 aliphatic heterocycles. The van der Waals surface area contributed by atoms with E-state index in [2.05, 4.69) is 10.0 Å². The first-order chi connectivity index (χ1) is 8.79. The van der Waals surface area contributed by atoms with Gasteiger partial charge >= 0.3 is 0 Å². The summed E-state index contributed by atoms with van der Waals surface area (Å²) in [5, 5.41) is 8.06. The average Bonchev–Trinajstić information content (AvgIpc) is 2.33. The fraction of sp³-hybridized carbons (Fsp3) is 1.00. The fourth-order valence-electron chi connectivity index (χ4n) is 2.07. The van der Waals surface area contributed by atoms with Crippen LogP contribution in [0.2, 0.25) is 0 Å². The van der Waals surface area contributed by atoms with Gasteiger partial charge in [-0.25, -0.2) is 26.7 Å². The molecule has 4 N–H and O–H groups in total. The van der Waals surface area contributed by atoms with Crippen LogP contribution in [0.15, 0.2) is 0 Å². The molecule has 0 amide bonds. The third-order valence-electron chi connectivity index (χ3n) is 3.18. The van der Waals surface area contributed by atoms with Crippen molar-refractivity contribution >= 4 is 20.0 Å². The molecule has 0 radical (unpaired) electrons. The van der Waals surface area contributed by atoms with Crippen molar-refractivity contribution < 1.29 is 16.8 Å². The van der Waals surface area contributed by atoms with E-state index in [0.29, 0.717) is 12.3 Å². The smallest absolute Gasteiger partial charge is 0.211 e. The van der Waals surface area contributed by atoms with Crippen molar-refractivity contribution in [3.63, 3.8) is 0 Å². The number of hydrogen-bond donors (Lipinski definition) is 3. The Labute approximate surface area is 115 Å². The predicted molar refractivity (Wildman–Crippen MR) is 74.6 cm³/mol. The van der Waals surface area contributed by atoms with Crippen molar-refractivity contribution in [1.82, 2.24) is 10.0 Å². The first-order valence-corrected chi connectivity index (χ1v) is 9.84. The highest BCUT2D eigenvalue weighted by atomic mass is 32.2. The van der Waals surface area contributed by atoms with Gasteiger partial charge in [-0.3, -0.25) is 0 Å². The second-order valence-corrected chi connectivity index (χ2v) is 8.58. The molecule has 1 rings (SSSR count). The zero-order chi connectivity index (χ0) is 14.4. The molecule has 0 aromatic rings. The molecule has 0 bridgehead atoms. The molecule has 0 aliphatic carbocycles. The molecule has 1 heterocycles. The summed E-state index contributed by atoms with van der Waals surface area (Å²) in [7, 11) is -6.82. The van der Waals surface area contributed by atoms with Crippen molar-refractivity contribution in [2.75, 3.05) is 31.1 Å². The SMILES string of the molecule is NS(=O)(=O)CCCNS(=O)(=O)CCC1CCNCC1. The van der Waals surface area contributed by atoms with Crippen LogP contribution in [-0.4, -0.2) is 48.0 Å². The number of primary sulfonamides is 1. The molecule has 1 saturated heterocycles. The number of piperidine rings is 1. The molecular formula is C10H23N3O4S2. The number of rotatable bonds is 8. The van der Waals surface area contributed by atoms with E-state index in [1.165, 1.54) is 0 Å². The summed E-state index contributed by atoms with van der Waals surface area (Å²) >= 11 is 0. The van der Waals surface area contributed by atoms with Crippen LogP contribution < -0.4 is 15.2 Å². The van der Waals surface area contributed by atoms with Crippen LogP contribution in [0.1, 0.15) is 25.7 Å². The zero-order valence-electron chi connectivity index (χ0n) is 11.0. The van der Waals surface area contributed by atoms with Crippen LogP contribution in [-0.2, 0) is 20.0 Å². The van der Waals surface area contributed by atoms with Gasteiger partial charge in [0.2, 0.25) is 20.0 Å². The summed E-state index contributed by atoms with van der Waals surface area (Å²) in [6.45, 7) is 2.02. The predicted octanol–water partition coefficient (Wildman–Crippen LogP) is -1.03. The third kappa shape index (κ3) is 8.53. The Morgan fingerprint density at radius 3 is 2.32 bits per heavy atom. The monoisotopic (exact) mass is 313 g/mol. The molecule has 0 atom stereocenters. The van der Waals surface area contributed by atoms with E-state index in [1.54, 1.807) is 0 Å². The van der Waals surface area contributed by atoms with E-state index in [0.717, 1.165) is 25.9 Å². The zero-order valence-corrected chi connectivity index (χ0v) is 12.6. The van der Waals surface area contributed by atoms with E-state index in [1.807, 2.05) is 0 Å². The molecule has 1 aliphatic rings. The standard InChI is InChI=1S/C10H23N3O4S2/c11-18(14,15)8-1-5-13-19(16,17)9-4-10-2-6-12-7-3-10/h10,12-13H,1-9H2,(H2,11,14,15). The number of nitrogens with two attached hydrogens (primary N) is 1. The van der Waals surface area contributed by atoms with Gasteiger partial charge in [-0.05, 0) is 44.7 Å². The molecule has 19 heavy (non-hydrogen) atoms. The highest BCUT2D eigenvalue weighted by molar-refractivity contribution is 7.89. The van der Waals surface area contributed by atoms with E-state index < -0.39 is 20.0 Å². The van der Waals surface area contributed by atoms with Gasteiger partial charge in [-0.15, -0.1) is 0 Å². The van der Waals surface area contributed by atoms with Crippen molar-refractivity contribution in [2.45, 2.75) is 25.7 Å². The van der Waals surface area contributed by atoms with Crippen molar-refractivity contribution in [2.24, 2.45) is 11.1 Å². The Hall–Kier alpha value is -0.220. The van der Waals surface area contributed by atoms with Crippen molar-refractivity contribution in [3.05, 3.63) is 0 Å². The van der Waals surface area contributed by atoms with Crippen LogP contribution in [0.4, 0.5) is 0 Å². The van der Waals surface area contributed by atoms with E-state index >= 15 is 0 Å². The summed E-state index contributed by atoms with van der Waals surface area (Å²) in [5.41, 5.74) is 0. The van der Waals surface area contributed by atoms with Gasteiger partial charge in [0.25, 0.3) is 0 Å². The van der Waals surface area contributed by atoms with E-state index in [-0.39, 0.29) is 24.5 Å². The largest absolute Gasteiger partial charge is 0.317 e. The van der Waals surface area contributed by atoms with E-state index in [4.69, 9.17) is 5.14 Å². The van der Waals surface area contributed by atoms with Gasteiger partial charge in [-0.1, -0.05) is 0 Å². The Kier molecular flexibility index (Phi) is 6.67. The summed E-state index contributed by atoms with van der Waals surface area (Å²) in [4.78, 5) is 0. The van der Waals surface area contributed by atoms with Crippen molar-refractivity contribution in [1.29, 1.82) is 0 Å². The second kappa shape index (κ2) is 7.53. The van der Waals surface area contributed by atoms with Crippen molar-refractivity contribution in [3.8, 4) is 0 Å². The summed E-state index contributed by atoms with van der Waals surface area (Å²) < 4.78 is 47.2. The highest BCUT2D eigenvalue weighted by Crippen LogP contribution is 2.16. The van der Waals surface area contributed by atoms with Gasteiger partial charge in [0, 0.05) is 6.54 Å². The Balaban J connectivity index is 2.20. The third-order valence-corrected chi connectivity index (χ3v) is 5.46. The van der Waals surface area contributed by atoms with Gasteiger partial charge < -0.3 is 5.32 Å².